The second-order valence-electron chi connectivity index (χ2n) is 5.48. The third-order valence-electron chi connectivity index (χ3n) is 3.78. The molecule has 0 aliphatic carbocycles. The van der Waals surface area contributed by atoms with Crippen molar-refractivity contribution in [3.63, 3.8) is 0 Å². The van der Waals surface area contributed by atoms with Gasteiger partial charge >= 0.3 is 6.18 Å². The molecule has 0 spiro atoms. The molecular weight excluding hydrogens is 311 g/mol. The molecule has 1 saturated heterocycles. The highest BCUT2D eigenvalue weighted by Crippen LogP contribution is 2.28. The Kier molecular flexibility index (Phi) is 5.95. The number of carbonyl (C=O) groups excluding carboxylic acids is 1. The molecule has 0 N–H and O–H groups in total. The molecule has 1 aliphatic rings. The van der Waals surface area contributed by atoms with Gasteiger partial charge in [0.25, 0.3) is 0 Å². The fourth-order valence-electron chi connectivity index (χ4n) is 2.49. The summed E-state index contributed by atoms with van der Waals surface area (Å²) in [6.07, 6.45) is -3.45. The summed E-state index contributed by atoms with van der Waals surface area (Å²) in [7, 11) is 1.49. The van der Waals surface area contributed by atoms with Crippen LogP contribution in [-0.4, -0.2) is 66.3 Å². The van der Waals surface area contributed by atoms with Gasteiger partial charge in [0, 0.05) is 26.3 Å². The van der Waals surface area contributed by atoms with Crippen LogP contribution in [0.5, 0.6) is 0 Å². The Labute approximate surface area is 133 Å². The first-order valence-electron chi connectivity index (χ1n) is 7.40. The summed E-state index contributed by atoms with van der Waals surface area (Å²) in [5.41, 5.74) is 0.637. The summed E-state index contributed by atoms with van der Waals surface area (Å²) in [5.74, 6) is -0.551. The van der Waals surface area contributed by atoms with E-state index >= 15 is 0 Å². The first-order chi connectivity index (χ1) is 10.9. The van der Waals surface area contributed by atoms with Crippen molar-refractivity contribution >= 4 is 5.91 Å². The van der Waals surface area contributed by atoms with Gasteiger partial charge in [-0.25, -0.2) is 0 Å². The Morgan fingerprint density at radius 3 is 2.65 bits per heavy atom. The fraction of sp³-hybridized carbons (Fsp3) is 0.600. The largest absolute Gasteiger partial charge is 0.404 e. The van der Waals surface area contributed by atoms with E-state index in [0.717, 1.165) is 0 Å². The minimum absolute atomic E-state index is 0.182. The summed E-state index contributed by atoms with van der Waals surface area (Å²) in [6, 6.07) is 3.47. The number of ether oxygens (including phenoxy) is 1. The number of morpholine rings is 1. The van der Waals surface area contributed by atoms with Crippen LogP contribution in [0, 0.1) is 0 Å². The molecule has 1 aliphatic heterocycles. The second-order valence-corrected chi connectivity index (χ2v) is 5.48. The zero-order chi connectivity index (χ0) is 16.9. The van der Waals surface area contributed by atoms with Gasteiger partial charge in [-0.05, 0) is 12.1 Å². The zero-order valence-electron chi connectivity index (χ0n) is 12.9. The molecule has 0 saturated carbocycles. The van der Waals surface area contributed by atoms with Crippen molar-refractivity contribution in [2.75, 3.05) is 33.4 Å². The lowest BCUT2D eigenvalue weighted by molar-refractivity contribution is -0.196. The fourth-order valence-corrected chi connectivity index (χ4v) is 2.49. The van der Waals surface area contributed by atoms with Crippen LogP contribution in [0.4, 0.5) is 13.2 Å². The summed E-state index contributed by atoms with van der Waals surface area (Å²) >= 11 is 0. The van der Waals surface area contributed by atoms with E-state index in [2.05, 4.69) is 4.98 Å². The molecule has 23 heavy (non-hydrogen) atoms. The summed E-state index contributed by atoms with van der Waals surface area (Å²) in [6.45, 7) is 1.06. The van der Waals surface area contributed by atoms with Gasteiger partial charge in [0.15, 0.2) is 0 Å². The van der Waals surface area contributed by atoms with E-state index in [0.29, 0.717) is 5.69 Å². The molecule has 128 valence electrons. The Morgan fingerprint density at radius 1 is 1.39 bits per heavy atom. The smallest absolute Gasteiger partial charge is 0.379 e. The summed E-state index contributed by atoms with van der Waals surface area (Å²) in [4.78, 5) is 18.8. The maximum atomic E-state index is 13.3. The lowest BCUT2D eigenvalue weighted by Crippen LogP contribution is -2.52. The highest BCUT2D eigenvalue weighted by Gasteiger charge is 2.45. The number of amides is 1. The van der Waals surface area contributed by atoms with Crippen LogP contribution >= 0.6 is 0 Å². The van der Waals surface area contributed by atoms with Crippen LogP contribution in [0.1, 0.15) is 12.1 Å². The molecule has 0 aromatic carbocycles. The molecule has 1 fully saturated rings. The number of aromatic nitrogens is 1. The Bertz CT molecular complexity index is 504. The molecule has 0 bridgehead atoms. The van der Waals surface area contributed by atoms with Gasteiger partial charge in [0.1, 0.15) is 6.04 Å². The Hall–Kier alpha value is -1.67. The molecule has 1 unspecified atom stereocenters. The van der Waals surface area contributed by atoms with Crippen LogP contribution in [-0.2, 0) is 16.1 Å². The quantitative estimate of drug-likeness (QED) is 0.824. The lowest BCUT2D eigenvalue weighted by atomic mass is 10.1. The predicted molar refractivity (Wildman–Crippen MR) is 77.6 cm³/mol. The third-order valence-corrected chi connectivity index (χ3v) is 3.78. The van der Waals surface area contributed by atoms with Gasteiger partial charge in [-0.15, -0.1) is 0 Å². The maximum absolute atomic E-state index is 13.3. The van der Waals surface area contributed by atoms with Crippen LogP contribution in [0.25, 0.3) is 0 Å². The average Bonchev–Trinajstić information content (AvgIpc) is 2.53. The monoisotopic (exact) mass is 331 g/mol. The first-order valence-corrected chi connectivity index (χ1v) is 7.40. The highest BCUT2D eigenvalue weighted by atomic mass is 19.4. The normalized spacial score (nSPS) is 17.7. The molecule has 0 radical (unpaired) electrons. The maximum Gasteiger partial charge on any atom is 0.404 e. The van der Waals surface area contributed by atoms with Gasteiger partial charge in [-0.2, -0.15) is 13.2 Å². The van der Waals surface area contributed by atoms with E-state index < -0.39 is 24.5 Å². The van der Waals surface area contributed by atoms with Crippen LogP contribution in [0.2, 0.25) is 0 Å². The number of hydrogen-bond donors (Lipinski definition) is 0. The van der Waals surface area contributed by atoms with Crippen LogP contribution in [0.15, 0.2) is 24.4 Å². The van der Waals surface area contributed by atoms with E-state index in [1.807, 2.05) is 0 Å². The van der Waals surface area contributed by atoms with E-state index in [1.54, 1.807) is 24.4 Å². The number of alkyl halides is 3. The van der Waals surface area contributed by atoms with Crippen molar-refractivity contribution < 1.29 is 22.7 Å². The summed E-state index contributed by atoms with van der Waals surface area (Å²) < 4.78 is 45.0. The lowest BCUT2D eigenvalue weighted by Gasteiger charge is -2.35. The zero-order valence-corrected chi connectivity index (χ0v) is 12.9. The van der Waals surface area contributed by atoms with Gasteiger partial charge < -0.3 is 9.64 Å². The topological polar surface area (TPSA) is 45.7 Å². The Morgan fingerprint density at radius 2 is 2.09 bits per heavy atom. The van der Waals surface area contributed by atoms with Gasteiger partial charge in [-0.1, -0.05) is 6.07 Å². The Balaban J connectivity index is 1.99. The highest BCUT2D eigenvalue weighted by molar-refractivity contribution is 5.76. The minimum atomic E-state index is -4.45. The molecule has 1 aromatic rings. The number of halogens is 3. The molecule has 1 atom stereocenters. The van der Waals surface area contributed by atoms with E-state index in [1.165, 1.54) is 16.8 Å². The van der Waals surface area contributed by atoms with Crippen LogP contribution < -0.4 is 0 Å². The number of carbonyl (C=O) groups is 1. The number of hydrogen-bond acceptors (Lipinski definition) is 4. The number of nitrogens with zero attached hydrogens (tertiary/aromatic N) is 3. The molecular formula is C15H20F3N3O2. The number of pyridine rings is 1. The average molecular weight is 331 g/mol. The van der Waals surface area contributed by atoms with Crippen molar-refractivity contribution in [2.45, 2.75) is 25.2 Å². The van der Waals surface area contributed by atoms with E-state index in [-0.39, 0.29) is 32.8 Å². The molecule has 1 amide bonds. The van der Waals surface area contributed by atoms with E-state index in [9.17, 15) is 18.0 Å². The third kappa shape index (κ3) is 5.18. The number of rotatable bonds is 5. The predicted octanol–water partition coefficient (Wildman–Crippen LogP) is 1.69. The van der Waals surface area contributed by atoms with Crippen molar-refractivity contribution in [2.24, 2.45) is 0 Å². The van der Waals surface area contributed by atoms with Gasteiger partial charge in [0.05, 0.1) is 31.9 Å². The second kappa shape index (κ2) is 7.74. The molecule has 2 rings (SSSR count). The van der Waals surface area contributed by atoms with Crippen molar-refractivity contribution in [1.29, 1.82) is 0 Å². The van der Waals surface area contributed by atoms with Gasteiger partial charge in [-0.3, -0.25) is 14.7 Å². The van der Waals surface area contributed by atoms with Crippen molar-refractivity contribution in [1.82, 2.24) is 14.8 Å². The van der Waals surface area contributed by atoms with Gasteiger partial charge in [0.2, 0.25) is 5.91 Å². The van der Waals surface area contributed by atoms with E-state index in [4.69, 9.17) is 4.74 Å². The van der Waals surface area contributed by atoms with Crippen molar-refractivity contribution in [3.05, 3.63) is 30.1 Å². The first kappa shape index (κ1) is 17.7. The van der Waals surface area contributed by atoms with Crippen molar-refractivity contribution in [3.8, 4) is 0 Å². The molecule has 8 heteroatoms. The standard InChI is InChI=1S/C15H20F3N3O2/c1-20(11-12-4-2-3-5-19-12)14(22)10-13(15(16,17)18)21-6-8-23-9-7-21/h2-5,13H,6-11H2,1H3. The minimum Gasteiger partial charge on any atom is -0.379 e. The SMILES string of the molecule is CN(Cc1ccccn1)C(=O)CC(N1CCOCC1)C(F)(F)F. The summed E-state index contributed by atoms with van der Waals surface area (Å²) in [5, 5.41) is 0. The van der Waals surface area contributed by atoms with Crippen LogP contribution in [0.3, 0.4) is 0 Å². The molecule has 2 heterocycles. The molecule has 5 nitrogen and oxygen atoms in total. The molecule has 1 aromatic heterocycles.